The monoisotopic (exact) mass is 371 g/mol. The first-order valence-corrected chi connectivity index (χ1v) is 8.30. The Bertz CT molecular complexity index is 1160. The zero-order valence-electron chi connectivity index (χ0n) is 14.0. The fourth-order valence-corrected chi connectivity index (χ4v) is 2.96. The maximum atomic E-state index is 11.8. The number of aromatic nitrogens is 3. The second kappa shape index (κ2) is 6.34. The third kappa shape index (κ3) is 2.66. The van der Waals surface area contributed by atoms with Crippen molar-refractivity contribution < 1.29 is 13.7 Å². The van der Waals surface area contributed by atoms with Crippen LogP contribution in [0.15, 0.2) is 50.1 Å². The molecule has 0 fully saturated rings. The van der Waals surface area contributed by atoms with Crippen LogP contribution in [0.1, 0.15) is 6.92 Å². The third-order valence-corrected chi connectivity index (χ3v) is 4.30. The molecule has 0 aliphatic rings. The maximum Gasteiger partial charge on any atom is 0.419 e. The lowest BCUT2D eigenvalue weighted by Crippen LogP contribution is -2.11. The van der Waals surface area contributed by atoms with Crippen molar-refractivity contribution in [1.82, 2.24) is 14.7 Å². The summed E-state index contributed by atoms with van der Waals surface area (Å²) >= 11 is 5.98. The number of hydrogen-bond acceptors (Lipinski definition) is 6. The van der Waals surface area contributed by atoms with Crippen molar-refractivity contribution in [3.63, 3.8) is 0 Å². The molecular formula is C18H14ClN3O4. The number of benzene rings is 2. The Kier molecular flexibility index (Phi) is 4.00. The molecule has 0 aliphatic heterocycles. The van der Waals surface area contributed by atoms with Gasteiger partial charge in [0, 0.05) is 17.1 Å². The first-order chi connectivity index (χ1) is 12.6. The van der Waals surface area contributed by atoms with Crippen LogP contribution in [0.3, 0.4) is 0 Å². The summed E-state index contributed by atoms with van der Waals surface area (Å²) in [5, 5.41) is 4.56. The van der Waals surface area contributed by atoms with Gasteiger partial charge in [-0.15, -0.1) is 0 Å². The smallest absolute Gasteiger partial charge is 0.419 e. The summed E-state index contributed by atoms with van der Waals surface area (Å²) in [5.41, 5.74) is 2.52. The highest BCUT2D eigenvalue weighted by atomic mass is 35.5. The number of oxazole rings is 1. The number of halogens is 1. The Morgan fingerprint density at radius 3 is 2.85 bits per heavy atom. The van der Waals surface area contributed by atoms with Crippen molar-refractivity contribution >= 4 is 22.7 Å². The average Bonchev–Trinajstić information content (AvgIpc) is 3.24. The van der Waals surface area contributed by atoms with E-state index in [0.29, 0.717) is 45.7 Å². The van der Waals surface area contributed by atoms with Gasteiger partial charge in [0.1, 0.15) is 5.75 Å². The predicted octanol–water partition coefficient (Wildman–Crippen LogP) is 3.99. The molecule has 8 heteroatoms. The minimum Gasteiger partial charge on any atom is -0.496 e. The molecule has 0 unspecified atom stereocenters. The second-order valence-electron chi connectivity index (χ2n) is 5.56. The van der Waals surface area contributed by atoms with E-state index in [2.05, 4.69) is 10.1 Å². The van der Waals surface area contributed by atoms with Crippen LogP contribution in [-0.4, -0.2) is 21.8 Å². The molecule has 4 aromatic rings. The van der Waals surface area contributed by atoms with Crippen LogP contribution in [0, 0.1) is 0 Å². The molecule has 0 N–H and O–H groups in total. The molecule has 2 aromatic heterocycles. The SMILES string of the molecule is CCn1c(=O)oc2cc(-c3noc(-c4ccc(Cl)cc4OC)n3)ccc21. The van der Waals surface area contributed by atoms with Crippen molar-refractivity contribution in [3.8, 4) is 28.6 Å². The molecule has 26 heavy (non-hydrogen) atoms. The molecule has 0 bridgehead atoms. The molecule has 0 aliphatic carbocycles. The Balaban J connectivity index is 1.77. The summed E-state index contributed by atoms with van der Waals surface area (Å²) in [4.78, 5) is 16.2. The summed E-state index contributed by atoms with van der Waals surface area (Å²) in [5.74, 6) is 0.834. The molecule has 7 nitrogen and oxygen atoms in total. The highest BCUT2D eigenvalue weighted by Crippen LogP contribution is 2.32. The molecule has 4 rings (SSSR count). The molecule has 0 spiro atoms. The van der Waals surface area contributed by atoms with Gasteiger partial charge in [-0.1, -0.05) is 16.8 Å². The molecule has 0 saturated heterocycles. The summed E-state index contributed by atoms with van der Waals surface area (Å²) in [7, 11) is 1.54. The minimum absolute atomic E-state index is 0.307. The van der Waals surface area contributed by atoms with Gasteiger partial charge in [-0.05, 0) is 43.3 Å². The number of hydrogen-bond donors (Lipinski definition) is 0. The van der Waals surface area contributed by atoms with Gasteiger partial charge >= 0.3 is 5.76 Å². The minimum atomic E-state index is -0.389. The molecule has 0 radical (unpaired) electrons. The van der Waals surface area contributed by atoms with E-state index in [1.807, 2.05) is 13.0 Å². The molecule has 2 heterocycles. The summed E-state index contributed by atoms with van der Waals surface area (Å²) in [6.45, 7) is 2.42. The molecule has 0 atom stereocenters. The Morgan fingerprint density at radius 2 is 2.08 bits per heavy atom. The number of ether oxygens (including phenoxy) is 1. The van der Waals surface area contributed by atoms with Crippen LogP contribution in [0.4, 0.5) is 0 Å². The van der Waals surface area contributed by atoms with Crippen molar-refractivity contribution in [3.05, 3.63) is 52.0 Å². The standard InChI is InChI=1S/C18H14ClN3O4/c1-3-22-13-7-4-10(8-15(13)25-18(22)23)16-20-17(26-21-16)12-6-5-11(19)9-14(12)24-2/h4-9H,3H2,1-2H3. The number of methoxy groups -OCH3 is 1. The van der Waals surface area contributed by atoms with E-state index in [-0.39, 0.29) is 5.76 Å². The van der Waals surface area contributed by atoms with E-state index >= 15 is 0 Å². The number of rotatable bonds is 4. The summed E-state index contributed by atoms with van der Waals surface area (Å²) < 4.78 is 17.5. The lowest BCUT2D eigenvalue weighted by atomic mass is 10.2. The predicted molar refractivity (Wildman–Crippen MR) is 96.4 cm³/mol. The maximum absolute atomic E-state index is 11.8. The quantitative estimate of drug-likeness (QED) is 0.539. The summed E-state index contributed by atoms with van der Waals surface area (Å²) in [6, 6.07) is 10.5. The van der Waals surface area contributed by atoms with Crippen LogP contribution in [0.5, 0.6) is 5.75 Å². The van der Waals surface area contributed by atoms with Crippen molar-refractivity contribution in [2.45, 2.75) is 13.5 Å². The van der Waals surface area contributed by atoms with Crippen LogP contribution in [0.2, 0.25) is 5.02 Å². The van der Waals surface area contributed by atoms with Crippen molar-refractivity contribution in [1.29, 1.82) is 0 Å². The average molecular weight is 372 g/mol. The Morgan fingerprint density at radius 1 is 1.23 bits per heavy atom. The molecular weight excluding hydrogens is 358 g/mol. The van der Waals surface area contributed by atoms with E-state index in [9.17, 15) is 4.79 Å². The highest BCUT2D eigenvalue weighted by Gasteiger charge is 2.16. The van der Waals surface area contributed by atoms with Gasteiger partial charge < -0.3 is 13.7 Å². The van der Waals surface area contributed by atoms with Gasteiger partial charge in [0.2, 0.25) is 5.82 Å². The molecule has 0 amide bonds. The van der Waals surface area contributed by atoms with Crippen molar-refractivity contribution in [2.24, 2.45) is 0 Å². The van der Waals surface area contributed by atoms with E-state index in [1.54, 1.807) is 42.0 Å². The van der Waals surface area contributed by atoms with E-state index in [1.165, 1.54) is 0 Å². The third-order valence-electron chi connectivity index (χ3n) is 4.06. The van der Waals surface area contributed by atoms with Gasteiger partial charge in [-0.25, -0.2) is 4.79 Å². The topological polar surface area (TPSA) is 83.3 Å². The number of fused-ring (bicyclic) bond motifs is 1. The Hall–Kier alpha value is -3.06. The van der Waals surface area contributed by atoms with Crippen LogP contribution in [-0.2, 0) is 6.54 Å². The number of aryl methyl sites for hydroxylation is 1. The van der Waals surface area contributed by atoms with Crippen LogP contribution in [0.25, 0.3) is 33.9 Å². The lowest BCUT2D eigenvalue weighted by Gasteiger charge is -2.04. The van der Waals surface area contributed by atoms with Gasteiger partial charge in [0.05, 0.1) is 18.2 Å². The molecule has 0 saturated carbocycles. The first-order valence-electron chi connectivity index (χ1n) is 7.92. The zero-order valence-corrected chi connectivity index (χ0v) is 14.8. The molecule has 2 aromatic carbocycles. The summed E-state index contributed by atoms with van der Waals surface area (Å²) in [6.07, 6.45) is 0. The van der Waals surface area contributed by atoms with E-state index < -0.39 is 0 Å². The van der Waals surface area contributed by atoms with E-state index in [0.717, 1.165) is 5.52 Å². The van der Waals surface area contributed by atoms with Gasteiger partial charge in [0.15, 0.2) is 5.58 Å². The Labute approximate surface area is 152 Å². The lowest BCUT2D eigenvalue weighted by molar-refractivity contribution is 0.405. The largest absolute Gasteiger partial charge is 0.496 e. The fourth-order valence-electron chi connectivity index (χ4n) is 2.80. The van der Waals surface area contributed by atoms with Crippen LogP contribution < -0.4 is 10.5 Å². The van der Waals surface area contributed by atoms with Gasteiger partial charge in [-0.2, -0.15) is 4.98 Å². The van der Waals surface area contributed by atoms with Crippen molar-refractivity contribution in [2.75, 3.05) is 7.11 Å². The van der Waals surface area contributed by atoms with Gasteiger partial charge in [0.25, 0.3) is 5.89 Å². The van der Waals surface area contributed by atoms with Crippen LogP contribution >= 0.6 is 11.6 Å². The highest BCUT2D eigenvalue weighted by molar-refractivity contribution is 6.30. The van der Waals surface area contributed by atoms with Gasteiger partial charge in [-0.3, -0.25) is 4.57 Å². The fraction of sp³-hybridized carbons (Fsp3) is 0.167. The zero-order chi connectivity index (χ0) is 18.3. The number of nitrogens with zero attached hydrogens (tertiary/aromatic N) is 3. The normalized spacial score (nSPS) is 11.2. The first kappa shape index (κ1) is 16.4. The second-order valence-corrected chi connectivity index (χ2v) is 6.00. The molecule has 132 valence electrons. The van der Waals surface area contributed by atoms with E-state index in [4.69, 9.17) is 25.3 Å².